The van der Waals surface area contributed by atoms with Gasteiger partial charge in [-0.3, -0.25) is 0 Å². The predicted molar refractivity (Wildman–Crippen MR) is 63.6 cm³/mol. The molecule has 1 aliphatic carbocycles. The van der Waals surface area contributed by atoms with Crippen LogP contribution in [-0.2, 0) is 0 Å². The third-order valence-electron chi connectivity index (χ3n) is 3.32. The summed E-state index contributed by atoms with van der Waals surface area (Å²) in [7, 11) is 0. The zero-order chi connectivity index (χ0) is 11.0. The van der Waals surface area contributed by atoms with Crippen LogP contribution in [0, 0.1) is 12.8 Å². The molecule has 0 unspecified atom stereocenters. The Balaban J connectivity index is 1.79. The maximum atomic E-state index is 4.44. The highest BCUT2D eigenvalue weighted by molar-refractivity contribution is 5.44. The van der Waals surface area contributed by atoms with Crippen molar-refractivity contribution in [3.05, 3.63) is 23.9 Å². The molecule has 0 aliphatic heterocycles. The van der Waals surface area contributed by atoms with Gasteiger partial charge >= 0.3 is 0 Å². The molecular weight excluding hydrogens is 200 g/mol. The van der Waals surface area contributed by atoms with Gasteiger partial charge in [0.15, 0.2) is 5.65 Å². The van der Waals surface area contributed by atoms with E-state index >= 15 is 0 Å². The summed E-state index contributed by atoms with van der Waals surface area (Å²) in [4.78, 5) is 4.44. The van der Waals surface area contributed by atoms with E-state index in [1.54, 1.807) is 0 Å². The van der Waals surface area contributed by atoms with Crippen molar-refractivity contribution in [2.24, 2.45) is 5.92 Å². The minimum Gasteiger partial charge on any atom is -0.353 e. The van der Waals surface area contributed by atoms with Crippen molar-refractivity contribution in [2.75, 3.05) is 11.9 Å². The van der Waals surface area contributed by atoms with Crippen LogP contribution in [-0.4, -0.2) is 21.1 Å². The van der Waals surface area contributed by atoms with Crippen LogP contribution >= 0.6 is 0 Å². The van der Waals surface area contributed by atoms with Crippen molar-refractivity contribution < 1.29 is 0 Å². The molecule has 4 nitrogen and oxygen atoms in total. The summed E-state index contributed by atoms with van der Waals surface area (Å²) in [5.41, 5.74) is 2.03. The molecule has 2 heterocycles. The molecule has 0 spiro atoms. The van der Waals surface area contributed by atoms with Crippen molar-refractivity contribution in [3.63, 3.8) is 0 Å². The average molecular weight is 216 g/mol. The first kappa shape index (κ1) is 9.63. The average Bonchev–Trinajstić information content (AvgIpc) is 2.60. The highest BCUT2D eigenvalue weighted by Gasteiger charge is 2.17. The summed E-state index contributed by atoms with van der Waals surface area (Å²) in [6.45, 7) is 3.05. The van der Waals surface area contributed by atoms with Crippen LogP contribution in [0.15, 0.2) is 18.2 Å². The molecule has 0 saturated heterocycles. The van der Waals surface area contributed by atoms with E-state index in [0.717, 1.165) is 29.8 Å². The van der Waals surface area contributed by atoms with Crippen molar-refractivity contribution in [1.29, 1.82) is 0 Å². The van der Waals surface area contributed by atoms with Gasteiger partial charge in [0.2, 0.25) is 5.95 Å². The second kappa shape index (κ2) is 3.77. The van der Waals surface area contributed by atoms with E-state index < -0.39 is 0 Å². The minimum absolute atomic E-state index is 0.751. The monoisotopic (exact) mass is 216 g/mol. The van der Waals surface area contributed by atoms with Crippen LogP contribution in [0.2, 0.25) is 0 Å². The number of anilines is 1. The Kier molecular flexibility index (Phi) is 2.27. The summed E-state index contributed by atoms with van der Waals surface area (Å²) < 4.78 is 1.88. The SMILES string of the molecule is Cc1cccc2nc(NCC3CCC3)nn12. The Morgan fingerprint density at radius 3 is 3.00 bits per heavy atom. The fourth-order valence-electron chi connectivity index (χ4n) is 2.04. The fraction of sp³-hybridized carbons (Fsp3) is 0.500. The van der Waals surface area contributed by atoms with Gasteiger partial charge in [-0.2, -0.15) is 4.98 Å². The standard InChI is InChI=1S/C12H16N4/c1-9-4-2-7-11-14-12(15-16(9)11)13-8-10-5-3-6-10/h2,4,7,10H,3,5-6,8H2,1H3,(H,13,15). The van der Waals surface area contributed by atoms with E-state index in [9.17, 15) is 0 Å². The van der Waals surface area contributed by atoms with E-state index in [2.05, 4.69) is 15.4 Å². The minimum atomic E-state index is 0.751. The van der Waals surface area contributed by atoms with Gasteiger partial charge in [-0.25, -0.2) is 4.52 Å². The lowest BCUT2D eigenvalue weighted by molar-refractivity contribution is 0.333. The molecule has 1 saturated carbocycles. The lowest BCUT2D eigenvalue weighted by Crippen LogP contribution is -2.21. The number of nitrogens with zero attached hydrogens (tertiary/aromatic N) is 3. The van der Waals surface area contributed by atoms with Crippen LogP contribution in [0.1, 0.15) is 25.0 Å². The normalized spacial score (nSPS) is 16.3. The zero-order valence-electron chi connectivity index (χ0n) is 9.48. The van der Waals surface area contributed by atoms with Crippen molar-refractivity contribution in [1.82, 2.24) is 14.6 Å². The molecule has 84 valence electrons. The van der Waals surface area contributed by atoms with Crippen LogP contribution in [0.3, 0.4) is 0 Å². The number of fused-ring (bicyclic) bond motifs is 1. The van der Waals surface area contributed by atoms with Gasteiger partial charge < -0.3 is 5.32 Å². The molecule has 2 aromatic rings. The number of rotatable bonds is 3. The fourth-order valence-corrected chi connectivity index (χ4v) is 2.04. The molecule has 1 aliphatic rings. The van der Waals surface area contributed by atoms with Crippen LogP contribution in [0.25, 0.3) is 5.65 Å². The van der Waals surface area contributed by atoms with Gasteiger partial charge in [0, 0.05) is 12.2 Å². The number of nitrogens with one attached hydrogen (secondary N) is 1. The summed E-state index contributed by atoms with van der Waals surface area (Å²) in [5, 5.41) is 7.76. The Morgan fingerprint density at radius 2 is 2.31 bits per heavy atom. The summed E-state index contributed by atoms with van der Waals surface area (Å²) in [5.74, 6) is 1.58. The topological polar surface area (TPSA) is 42.2 Å². The Hall–Kier alpha value is -1.58. The Morgan fingerprint density at radius 1 is 1.44 bits per heavy atom. The number of aromatic nitrogens is 3. The van der Waals surface area contributed by atoms with Gasteiger partial charge in [-0.05, 0) is 37.8 Å². The van der Waals surface area contributed by atoms with E-state index in [1.807, 2.05) is 29.6 Å². The van der Waals surface area contributed by atoms with Crippen molar-refractivity contribution in [3.8, 4) is 0 Å². The van der Waals surface area contributed by atoms with E-state index in [1.165, 1.54) is 19.3 Å². The van der Waals surface area contributed by atoms with Crippen LogP contribution < -0.4 is 5.32 Å². The molecule has 0 bridgehead atoms. The van der Waals surface area contributed by atoms with Gasteiger partial charge in [0.05, 0.1) is 0 Å². The van der Waals surface area contributed by atoms with E-state index in [0.29, 0.717) is 0 Å². The molecule has 16 heavy (non-hydrogen) atoms. The molecule has 0 aromatic carbocycles. The summed E-state index contributed by atoms with van der Waals surface area (Å²) in [6.07, 6.45) is 4.07. The van der Waals surface area contributed by atoms with Crippen molar-refractivity contribution in [2.45, 2.75) is 26.2 Å². The molecule has 0 amide bonds. The predicted octanol–water partition coefficient (Wildman–Crippen LogP) is 2.25. The van der Waals surface area contributed by atoms with E-state index in [4.69, 9.17) is 0 Å². The summed E-state index contributed by atoms with van der Waals surface area (Å²) >= 11 is 0. The Labute approximate surface area is 94.7 Å². The second-order valence-electron chi connectivity index (χ2n) is 4.55. The number of pyridine rings is 1. The lowest BCUT2D eigenvalue weighted by atomic mass is 9.85. The molecule has 1 fully saturated rings. The number of aryl methyl sites for hydroxylation is 1. The summed E-state index contributed by atoms with van der Waals surface area (Å²) in [6, 6.07) is 6.03. The molecule has 4 heteroatoms. The molecule has 2 aromatic heterocycles. The Bertz CT molecular complexity index is 499. The molecular formula is C12H16N4. The molecule has 1 N–H and O–H groups in total. The van der Waals surface area contributed by atoms with Crippen LogP contribution in [0.4, 0.5) is 5.95 Å². The molecule has 0 radical (unpaired) electrons. The number of hydrogen-bond acceptors (Lipinski definition) is 3. The van der Waals surface area contributed by atoms with Gasteiger partial charge in [-0.15, -0.1) is 5.10 Å². The van der Waals surface area contributed by atoms with Crippen LogP contribution in [0.5, 0.6) is 0 Å². The van der Waals surface area contributed by atoms with Gasteiger partial charge in [0.25, 0.3) is 0 Å². The maximum Gasteiger partial charge on any atom is 0.243 e. The van der Waals surface area contributed by atoms with Gasteiger partial charge in [-0.1, -0.05) is 12.5 Å². The third kappa shape index (κ3) is 1.64. The van der Waals surface area contributed by atoms with E-state index in [-0.39, 0.29) is 0 Å². The largest absolute Gasteiger partial charge is 0.353 e. The highest BCUT2D eigenvalue weighted by atomic mass is 15.3. The lowest BCUT2D eigenvalue weighted by Gasteiger charge is -2.24. The van der Waals surface area contributed by atoms with Gasteiger partial charge in [0.1, 0.15) is 0 Å². The molecule has 3 rings (SSSR count). The maximum absolute atomic E-state index is 4.44. The first-order valence-corrected chi connectivity index (χ1v) is 5.89. The highest BCUT2D eigenvalue weighted by Crippen LogP contribution is 2.26. The quantitative estimate of drug-likeness (QED) is 0.855. The molecule has 0 atom stereocenters. The number of hydrogen-bond donors (Lipinski definition) is 1. The smallest absolute Gasteiger partial charge is 0.243 e. The van der Waals surface area contributed by atoms with Crippen molar-refractivity contribution >= 4 is 11.6 Å². The third-order valence-corrected chi connectivity index (χ3v) is 3.32. The first-order chi connectivity index (χ1) is 7.83. The zero-order valence-corrected chi connectivity index (χ0v) is 9.48. The first-order valence-electron chi connectivity index (χ1n) is 5.89. The second-order valence-corrected chi connectivity index (χ2v) is 4.55.